The Bertz CT molecular complexity index is 2000. The molecule has 2 aromatic carbocycles. The number of nitrogens with zero attached hydrogens (tertiary/aromatic N) is 5. The minimum absolute atomic E-state index is 0.109. The molecule has 4 heterocycles. The molecule has 0 bridgehead atoms. The van der Waals surface area contributed by atoms with Crippen LogP contribution in [0.2, 0.25) is 0 Å². The third-order valence-electron chi connectivity index (χ3n) is 7.36. The van der Waals surface area contributed by atoms with Gasteiger partial charge in [0.05, 0.1) is 60.8 Å². The number of pyridine rings is 3. The maximum absolute atomic E-state index is 13.8. The fourth-order valence-corrected chi connectivity index (χ4v) is 5.66. The number of carbonyl (C=O) groups excluding carboxylic acids is 1. The van der Waals surface area contributed by atoms with E-state index in [1.807, 2.05) is 24.3 Å². The van der Waals surface area contributed by atoms with Gasteiger partial charge in [0.2, 0.25) is 10.0 Å². The lowest BCUT2D eigenvalue weighted by molar-refractivity contribution is 0.0761. The summed E-state index contributed by atoms with van der Waals surface area (Å²) in [6.07, 6.45) is 4.91. The summed E-state index contributed by atoms with van der Waals surface area (Å²) >= 11 is 5.39. The van der Waals surface area contributed by atoms with Gasteiger partial charge in [-0.25, -0.2) is 17.2 Å². The van der Waals surface area contributed by atoms with Crippen molar-refractivity contribution in [1.29, 1.82) is 0 Å². The average Bonchev–Trinajstić information content (AvgIpc) is 3.39. The van der Waals surface area contributed by atoms with Gasteiger partial charge >= 0.3 is 0 Å². The fourth-order valence-electron chi connectivity index (χ4n) is 4.97. The van der Waals surface area contributed by atoms with E-state index in [1.54, 1.807) is 31.5 Å². The first kappa shape index (κ1) is 33.5. The van der Waals surface area contributed by atoms with Crippen molar-refractivity contribution in [2.24, 2.45) is 0 Å². The van der Waals surface area contributed by atoms with Crippen molar-refractivity contribution in [3.05, 3.63) is 119 Å². The molecule has 0 atom stereocenters. The van der Waals surface area contributed by atoms with Crippen molar-refractivity contribution in [2.75, 3.05) is 24.7 Å². The molecule has 14 heteroatoms. The molecule has 0 fully saturated rings. The number of hydrogen-bond donors (Lipinski definition) is 0. The van der Waals surface area contributed by atoms with Crippen LogP contribution in [0.3, 0.4) is 0 Å². The second kappa shape index (κ2) is 14.3. The van der Waals surface area contributed by atoms with Crippen LogP contribution in [0, 0.1) is 11.6 Å². The van der Waals surface area contributed by atoms with Gasteiger partial charge in [0, 0.05) is 30.7 Å². The van der Waals surface area contributed by atoms with E-state index in [9.17, 15) is 22.0 Å². The summed E-state index contributed by atoms with van der Waals surface area (Å²) in [5.74, 6) is 0.149. The first-order chi connectivity index (χ1) is 22.5. The van der Waals surface area contributed by atoms with Gasteiger partial charge in [-0.15, -0.1) is 11.6 Å². The summed E-state index contributed by atoms with van der Waals surface area (Å²) in [6.45, 7) is 0.375. The predicted octanol–water partition coefficient (Wildman–Crippen LogP) is 5.87. The highest BCUT2D eigenvalue weighted by atomic mass is 35.5. The molecule has 1 aliphatic heterocycles. The number of halogens is 3. The van der Waals surface area contributed by atoms with Crippen LogP contribution in [0.15, 0.2) is 79.3 Å². The van der Waals surface area contributed by atoms with Gasteiger partial charge < -0.3 is 14.4 Å². The Morgan fingerprint density at radius 3 is 2.19 bits per heavy atom. The standard InChI is InChI=1S/C27H25FN4O5S.C6H5ClFN/c1-31(38(3,34)35)25-21-5-4-12-29-24(21)26(37-16-17-6-10-20(36-2)11-7-17)23-22(25)15-32(27(23)33)14-19-9-8-18(28)13-30-19;7-3-6-2-1-5(8)4-9-6/h4-13H,14-16H2,1-3H3;1-2,4H,3H2. The fraction of sp³-hybridized carbons (Fsp3) is 0.212. The molecule has 1 amide bonds. The number of alkyl halides is 1. The van der Waals surface area contributed by atoms with Crippen molar-refractivity contribution in [2.45, 2.75) is 25.6 Å². The van der Waals surface area contributed by atoms with Gasteiger partial charge in [0.1, 0.15) is 29.5 Å². The highest BCUT2D eigenvalue weighted by Crippen LogP contribution is 2.45. The van der Waals surface area contributed by atoms with Crippen molar-refractivity contribution < 1.29 is 31.5 Å². The van der Waals surface area contributed by atoms with Crippen LogP contribution in [-0.4, -0.2) is 54.6 Å². The van der Waals surface area contributed by atoms with E-state index >= 15 is 0 Å². The molecule has 0 aliphatic carbocycles. The number of fused-ring (bicyclic) bond motifs is 2. The van der Waals surface area contributed by atoms with E-state index in [-0.39, 0.29) is 42.7 Å². The molecule has 6 rings (SSSR count). The number of anilines is 1. The van der Waals surface area contributed by atoms with Gasteiger partial charge in [-0.2, -0.15) is 0 Å². The molecular weight excluding hydrogens is 652 g/mol. The van der Waals surface area contributed by atoms with Crippen molar-refractivity contribution in [1.82, 2.24) is 19.9 Å². The maximum atomic E-state index is 13.8. The van der Waals surface area contributed by atoms with Crippen molar-refractivity contribution in [3.8, 4) is 11.5 Å². The van der Waals surface area contributed by atoms with E-state index in [1.165, 1.54) is 30.1 Å². The van der Waals surface area contributed by atoms with Crippen LogP contribution in [-0.2, 0) is 35.6 Å². The number of hydrogen-bond acceptors (Lipinski definition) is 8. The topological polar surface area (TPSA) is 115 Å². The zero-order valence-corrected chi connectivity index (χ0v) is 27.2. The number of carbonyl (C=O) groups is 1. The molecule has 10 nitrogen and oxygen atoms in total. The summed E-state index contributed by atoms with van der Waals surface area (Å²) in [5, 5.41) is 0.540. The Hall–Kier alpha value is -4.88. The molecule has 0 N–H and O–H groups in total. The largest absolute Gasteiger partial charge is 0.497 e. The van der Waals surface area contributed by atoms with Crippen molar-refractivity contribution in [3.63, 3.8) is 0 Å². The van der Waals surface area contributed by atoms with Crippen LogP contribution in [0.1, 0.15) is 32.9 Å². The molecule has 5 aromatic rings. The first-order valence-corrected chi connectivity index (χ1v) is 16.6. The molecule has 47 heavy (non-hydrogen) atoms. The highest BCUT2D eigenvalue weighted by molar-refractivity contribution is 7.92. The quantitative estimate of drug-likeness (QED) is 0.178. The third kappa shape index (κ3) is 7.58. The van der Waals surface area contributed by atoms with Gasteiger partial charge in [-0.05, 0) is 54.1 Å². The number of amides is 1. The lowest BCUT2D eigenvalue weighted by Crippen LogP contribution is -2.26. The summed E-state index contributed by atoms with van der Waals surface area (Å²) in [7, 11) is -0.641. The second-order valence-corrected chi connectivity index (χ2v) is 12.8. The lowest BCUT2D eigenvalue weighted by atomic mass is 10.0. The van der Waals surface area contributed by atoms with Gasteiger partial charge in [0.25, 0.3) is 5.91 Å². The second-order valence-electron chi connectivity index (χ2n) is 10.5. The summed E-state index contributed by atoms with van der Waals surface area (Å²) < 4.78 is 63.4. The monoisotopic (exact) mass is 681 g/mol. The minimum Gasteiger partial charge on any atom is -0.497 e. The Balaban J connectivity index is 0.000000417. The molecule has 0 spiro atoms. The van der Waals surface area contributed by atoms with Crippen LogP contribution >= 0.6 is 11.6 Å². The number of sulfonamides is 1. The van der Waals surface area contributed by atoms with Gasteiger partial charge in [-0.3, -0.25) is 24.1 Å². The Kier molecular flexibility index (Phi) is 10.2. The number of methoxy groups -OCH3 is 1. The zero-order chi connectivity index (χ0) is 33.7. The number of rotatable bonds is 9. The third-order valence-corrected chi connectivity index (χ3v) is 8.82. The summed E-state index contributed by atoms with van der Waals surface area (Å²) in [6, 6.07) is 16.5. The SMILES string of the molecule is COc1ccc(COc2c3c(c(N(C)S(C)(=O)=O)c4cccnc24)CN(Cc2ccc(F)cn2)C3=O)cc1.Fc1ccc(CCl)nc1. The van der Waals surface area contributed by atoms with E-state index < -0.39 is 15.8 Å². The van der Waals surface area contributed by atoms with Crippen LogP contribution in [0.5, 0.6) is 11.5 Å². The number of ether oxygens (including phenoxy) is 2. The first-order valence-electron chi connectivity index (χ1n) is 14.2. The molecule has 0 saturated heterocycles. The minimum atomic E-state index is -3.67. The van der Waals surface area contributed by atoms with Crippen LogP contribution in [0.25, 0.3) is 10.9 Å². The Labute approximate surface area is 275 Å². The smallest absolute Gasteiger partial charge is 0.258 e. The van der Waals surface area contributed by atoms with E-state index in [0.29, 0.717) is 45.2 Å². The van der Waals surface area contributed by atoms with Crippen LogP contribution in [0.4, 0.5) is 14.5 Å². The zero-order valence-electron chi connectivity index (χ0n) is 25.7. The summed E-state index contributed by atoms with van der Waals surface area (Å²) in [5.41, 5.74) is 3.53. The van der Waals surface area contributed by atoms with Gasteiger partial charge in [-0.1, -0.05) is 12.1 Å². The molecule has 0 radical (unpaired) electrons. The Morgan fingerprint density at radius 1 is 0.957 bits per heavy atom. The normalized spacial score (nSPS) is 12.4. The molecule has 3 aromatic heterocycles. The number of aromatic nitrogens is 3. The van der Waals surface area contributed by atoms with Gasteiger partial charge in [0.15, 0.2) is 5.75 Å². The highest BCUT2D eigenvalue weighted by Gasteiger charge is 2.38. The molecule has 0 unspecified atom stereocenters. The number of benzene rings is 2. The molecule has 0 saturated carbocycles. The predicted molar refractivity (Wildman–Crippen MR) is 174 cm³/mol. The van der Waals surface area contributed by atoms with E-state index in [4.69, 9.17) is 21.1 Å². The Morgan fingerprint density at radius 2 is 1.62 bits per heavy atom. The van der Waals surface area contributed by atoms with Crippen molar-refractivity contribution >= 4 is 44.1 Å². The summed E-state index contributed by atoms with van der Waals surface area (Å²) in [4.78, 5) is 27.6. The van der Waals surface area contributed by atoms with E-state index in [0.717, 1.165) is 28.5 Å². The average molecular weight is 682 g/mol. The maximum Gasteiger partial charge on any atom is 0.258 e. The van der Waals surface area contributed by atoms with E-state index in [2.05, 4.69) is 15.0 Å². The molecule has 1 aliphatic rings. The lowest BCUT2D eigenvalue weighted by Gasteiger charge is -2.23. The van der Waals surface area contributed by atoms with Crippen LogP contribution < -0.4 is 13.8 Å². The molecule has 244 valence electrons. The molecular formula is C33H30ClF2N5O5S.